The van der Waals surface area contributed by atoms with E-state index in [1.807, 2.05) is 23.1 Å². The quantitative estimate of drug-likeness (QED) is 0.856. The monoisotopic (exact) mass is 274 g/mol. The van der Waals surface area contributed by atoms with Crippen LogP contribution in [-0.4, -0.2) is 43.3 Å². The molecular formula is C16H22N2O2. The van der Waals surface area contributed by atoms with Gasteiger partial charge in [0.15, 0.2) is 0 Å². The molecule has 4 heteroatoms. The SMILES string of the molecule is C=CCOC(=O)N1CCCNCC1Cc1ccccc1. The van der Waals surface area contributed by atoms with Crippen LogP contribution in [0.25, 0.3) is 0 Å². The lowest BCUT2D eigenvalue weighted by atomic mass is 10.1. The van der Waals surface area contributed by atoms with E-state index < -0.39 is 0 Å². The van der Waals surface area contributed by atoms with Gasteiger partial charge in [0.25, 0.3) is 0 Å². The molecule has 1 fully saturated rings. The average Bonchev–Trinajstić information content (AvgIpc) is 2.71. The first-order valence-electron chi connectivity index (χ1n) is 7.10. The maximum atomic E-state index is 12.1. The number of benzene rings is 1. The van der Waals surface area contributed by atoms with Gasteiger partial charge in [-0.2, -0.15) is 0 Å². The smallest absolute Gasteiger partial charge is 0.410 e. The first-order chi connectivity index (χ1) is 9.81. The minimum Gasteiger partial charge on any atom is -0.445 e. The highest BCUT2D eigenvalue weighted by Gasteiger charge is 2.26. The van der Waals surface area contributed by atoms with Crippen molar-refractivity contribution in [2.45, 2.75) is 18.9 Å². The zero-order valence-corrected chi connectivity index (χ0v) is 11.8. The summed E-state index contributed by atoms with van der Waals surface area (Å²) in [7, 11) is 0. The molecule has 1 unspecified atom stereocenters. The Morgan fingerprint density at radius 3 is 3.00 bits per heavy atom. The highest BCUT2D eigenvalue weighted by atomic mass is 16.6. The van der Waals surface area contributed by atoms with Gasteiger partial charge < -0.3 is 15.0 Å². The zero-order valence-electron chi connectivity index (χ0n) is 11.8. The number of rotatable bonds is 4. The molecule has 0 saturated carbocycles. The van der Waals surface area contributed by atoms with E-state index in [9.17, 15) is 4.79 Å². The number of hydrogen-bond donors (Lipinski definition) is 1. The molecule has 4 nitrogen and oxygen atoms in total. The predicted octanol–water partition coefficient (Wildman–Crippen LogP) is 2.22. The van der Waals surface area contributed by atoms with E-state index in [1.54, 1.807) is 6.08 Å². The number of carbonyl (C=O) groups excluding carboxylic acids is 1. The molecular weight excluding hydrogens is 252 g/mol. The molecule has 1 saturated heterocycles. The molecule has 1 amide bonds. The second kappa shape index (κ2) is 7.70. The molecule has 0 aliphatic carbocycles. The van der Waals surface area contributed by atoms with Crippen molar-refractivity contribution >= 4 is 6.09 Å². The van der Waals surface area contributed by atoms with Crippen LogP contribution in [0.15, 0.2) is 43.0 Å². The number of nitrogens with one attached hydrogen (secondary N) is 1. The minimum atomic E-state index is -0.241. The maximum absolute atomic E-state index is 12.1. The van der Waals surface area contributed by atoms with Gasteiger partial charge in [-0.25, -0.2) is 4.79 Å². The van der Waals surface area contributed by atoms with Gasteiger partial charge in [0.2, 0.25) is 0 Å². The summed E-state index contributed by atoms with van der Waals surface area (Å²) in [5.41, 5.74) is 1.24. The fourth-order valence-corrected chi connectivity index (χ4v) is 2.46. The fraction of sp³-hybridized carbons (Fsp3) is 0.438. The first kappa shape index (κ1) is 14.6. The lowest BCUT2D eigenvalue weighted by Gasteiger charge is -2.29. The Kier molecular flexibility index (Phi) is 5.62. The Morgan fingerprint density at radius 1 is 1.45 bits per heavy atom. The molecule has 0 radical (unpaired) electrons. The van der Waals surface area contributed by atoms with Crippen LogP contribution in [0.3, 0.4) is 0 Å². The van der Waals surface area contributed by atoms with Crippen LogP contribution in [0.5, 0.6) is 0 Å². The molecule has 1 N–H and O–H groups in total. The van der Waals surface area contributed by atoms with Gasteiger partial charge in [-0.3, -0.25) is 0 Å². The van der Waals surface area contributed by atoms with Gasteiger partial charge in [-0.05, 0) is 24.9 Å². The fourth-order valence-electron chi connectivity index (χ4n) is 2.46. The van der Waals surface area contributed by atoms with Crippen molar-refractivity contribution in [2.75, 3.05) is 26.2 Å². The average molecular weight is 274 g/mol. The molecule has 1 heterocycles. The molecule has 1 atom stereocenters. The van der Waals surface area contributed by atoms with Gasteiger partial charge in [0.05, 0.1) is 6.04 Å². The Balaban J connectivity index is 2.04. The summed E-state index contributed by atoms with van der Waals surface area (Å²) in [5.74, 6) is 0. The van der Waals surface area contributed by atoms with E-state index in [2.05, 4.69) is 24.0 Å². The van der Waals surface area contributed by atoms with Crippen LogP contribution < -0.4 is 5.32 Å². The Bertz CT molecular complexity index is 433. The molecule has 1 aliphatic heterocycles. The number of carbonyl (C=O) groups is 1. The van der Waals surface area contributed by atoms with Gasteiger partial charge in [-0.15, -0.1) is 0 Å². The van der Waals surface area contributed by atoms with Crippen LogP contribution in [0.2, 0.25) is 0 Å². The molecule has 108 valence electrons. The van der Waals surface area contributed by atoms with Crippen molar-refractivity contribution in [2.24, 2.45) is 0 Å². The number of amides is 1. The first-order valence-corrected chi connectivity index (χ1v) is 7.10. The summed E-state index contributed by atoms with van der Waals surface area (Å²) in [6.07, 6.45) is 3.15. The summed E-state index contributed by atoms with van der Waals surface area (Å²) in [6.45, 7) is 6.32. The number of ether oxygens (including phenoxy) is 1. The van der Waals surface area contributed by atoms with Crippen LogP contribution in [0, 0.1) is 0 Å². The Hall–Kier alpha value is -1.81. The minimum absolute atomic E-state index is 0.136. The second-order valence-corrected chi connectivity index (χ2v) is 4.96. The maximum Gasteiger partial charge on any atom is 0.410 e. The highest BCUT2D eigenvalue weighted by Crippen LogP contribution is 2.13. The lowest BCUT2D eigenvalue weighted by Crippen LogP contribution is -2.45. The Morgan fingerprint density at radius 2 is 2.25 bits per heavy atom. The zero-order chi connectivity index (χ0) is 14.2. The second-order valence-electron chi connectivity index (χ2n) is 4.96. The van der Waals surface area contributed by atoms with Gasteiger partial charge >= 0.3 is 6.09 Å². The van der Waals surface area contributed by atoms with Gasteiger partial charge in [0.1, 0.15) is 6.61 Å². The van der Waals surface area contributed by atoms with E-state index in [4.69, 9.17) is 4.74 Å². The standard InChI is InChI=1S/C16H22N2O2/c1-2-11-20-16(19)18-10-6-9-17-13-15(18)12-14-7-4-3-5-8-14/h2-5,7-8,15,17H,1,6,9-13H2. The molecule has 0 aromatic heterocycles. The van der Waals surface area contributed by atoms with Crippen molar-refractivity contribution in [3.63, 3.8) is 0 Å². The molecule has 20 heavy (non-hydrogen) atoms. The van der Waals surface area contributed by atoms with E-state index >= 15 is 0 Å². The lowest BCUT2D eigenvalue weighted by molar-refractivity contribution is 0.0978. The van der Waals surface area contributed by atoms with Crippen molar-refractivity contribution < 1.29 is 9.53 Å². The van der Waals surface area contributed by atoms with Crippen molar-refractivity contribution in [1.82, 2.24) is 10.2 Å². The third kappa shape index (κ3) is 4.10. The molecule has 0 bridgehead atoms. The van der Waals surface area contributed by atoms with Gasteiger partial charge in [0, 0.05) is 13.1 Å². The van der Waals surface area contributed by atoms with E-state index in [0.29, 0.717) is 0 Å². The summed E-state index contributed by atoms with van der Waals surface area (Å²) >= 11 is 0. The largest absolute Gasteiger partial charge is 0.445 e. The molecule has 1 aliphatic rings. The summed E-state index contributed by atoms with van der Waals surface area (Å²) < 4.78 is 5.20. The van der Waals surface area contributed by atoms with E-state index in [0.717, 1.165) is 32.5 Å². The van der Waals surface area contributed by atoms with Crippen molar-refractivity contribution in [1.29, 1.82) is 0 Å². The molecule has 2 rings (SSSR count). The topological polar surface area (TPSA) is 41.6 Å². The van der Waals surface area contributed by atoms with Crippen molar-refractivity contribution in [3.8, 4) is 0 Å². The van der Waals surface area contributed by atoms with E-state index in [1.165, 1.54) is 5.56 Å². The summed E-state index contributed by atoms with van der Waals surface area (Å²) in [4.78, 5) is 14.0. The third-order valence-corrected chi connectivity index (χ3v) is 3.45. The summed E-state index contributed by atoms with van der Waals surface area (Å²) in [6, 6.07) is 10.4. The summed E-state index contributed by atoms with van der Waals surface area (Å²) in [5, 5.41) is 3.39. The number of nitrogens with zero attached hydrogens (tertiary/aromatic N) is 1. The normalized spacial score (nSPS) is 19.2. The van der Waals surface area contributed by atoms with E-state index in [-0.39, 0.29) is 18.7 Å². The van der Waals surface area contributed by atoms with Crippen LogP contribution in [0.4, 0.5) is 4.79 Å². The Labute approximate surface area is 120 Å². The molecule has 1 aromatic rings. The van der Waals surface area contributed by atoms with Crippen molar-refractivity contribution in [3.05, 3.63) is 48.6 Å². The van der Waals surface area contributed by atoms with Crippen LogP contribution in [-0.2, 0) is 11.2 Å². The number of hydrogen-bond acceptors (Lipinski definition) is 3. The predicted molar refractivity (Wildman–Crippen MR) is 79.7 cm³/mol. The molecule has 0 spiro atoms. The molecule has 1 aromatic carbocycles. The van der Waals surface area contributed by atoms with Gasteiger partial charge in [-0.1, -0.05) is 43.0 Å². The van der Waals surface area contributed by atoms with Crippen LogP contribution in [0.1, 0.15) is 12.0 Å². The third-order valence-electron chi connectivity index (χ3n) is 3.45. The van der Waals surface area contributed by atoms with Crippen LogP contribution >= 0.6 is 0 Å². The highest BCUT2D eigenvalue weighted by molar-refractivity contribution is 5.68.